The van der Waals surface area contributed by atoms with Crippen LogP contribution in [-0.2, 0) is 14.3 Å². The fourth-order valence-corrected chi connectivity index (χ4v) is 4.22. The van der Waals surface area contributed by atoms with E-state index in [0.29, 0.717) is 28.4 Å². The molecule has 0 spiro atoms. The van der Waals surface area contributed by atoms with Crippen LogP contribution in [0.1, 0.15) is 45.7 Å². The first-order chi connectivity index (χ1) is 12.3. The monoisotopic (exact) mass is 376 g/mol. The third kappa shape index (κ3) is 3.28. The molecule has 2 atom stereocenters. The lowest BCUT2D eigenvalue weighted by molar-refractivity contribution is -0.143. The summed E-state index contributed by atoms with van der Waals surface area (Å²) in [7, 11) is 0. The number of amidine groups is 1. The number of amides is 1. The molecule has 1 aromatic carbocycles. The molecule has 138 valence electrons. The van der Waals surface area contributed by atoms with E-state index in [1.165, 1.54) is 23.9 Å². The number of benzene rings is 1. The summed E-state index contributed by atoms with van der Waals surface area (Å²) < 4.78 is 18.8. The van der Waals surface area contributed by atoms with Crippen LogP contribution in [0.4, 0.5) is 4.39 Å². The van der Waals surface area contributed by atoms with Gasteiger partial charge in [-0.15, -0.1) is 0 Å². The van der Waals surface area contributed by atoms with E-state index < -0.39 is 12.0 Å². The number of carbonyl (C=O) groups is 2. The number of halogens is 1. The molecule has 2 heterocycles. The normalized spacial score (nSPS) is 22.6. The van der Waals surface area contributed by atoms with E-state index in [1.54, 1.807) is 37.8 Å². The zero-order valence-electron chi connectivity index (χ0n) is 15.2. The smallest absolute Gasteiger partial charge is 0.338 e. The van der Waals surface area contributed by atoms with E-state index in [4.69, 9.17) is 4.74 Å². The Bertz CT molecular complexity index is 802. The number of nitrogens with zero attached hydrogens (tertiary/aromatic N) is 2. The molecule has 0 saturated carbocycles. The number of fused-ring (bicyclic) bond motifs is 1. The Morgan fingerprint density at radius 2 is 2.00 bits per heavy atom. The molecule has 7 heteroatoms. The van der Waals surface area contributed by atoms with Crippen LogP contribution in [0, 0.1) is 5.82 Å². The molecule has 0 aromatic heterocycles. The van der Waals surface area contributed by atoms with Crippen molar-refractivity contribution in [2.75, 3.05) is 0 Å². The predicted molar refractivity (Wildman–Crippen MR) is 99.0 cm³/mol. The van der Waals surface area contributed by atoms with Crippen LogP contribution in [-0.4, -0.2) is 33.3 Å². The summed E-state index contributed by atoms with van der Waals surface area (Å²) in [6, 6.07) is 5.18. The predicted octanol–water partition coefficient (Wildman–Crippen LogP) is 3.82. The Balaban J connectivity index is 2.12. The third-order valence-electron chi connectivity index (χ3n) is 4.27. The van der Waals surface area contributed by atoms with Gasteiger partial charge in [-0.3, -0.25) is 9.69 Å². The molecule has 0 aliphatic carbocycles. The standard InChI is InChI=1S/C19H21FN2O3S/c1-5-14-17(23)22-16(12-6-8-13(20)9-7-12)15(18(24)25-10(2)3)11(4)21-19(22)26-14/h6-10,14,16H,5H2,1-4H3. The van der Waals surface area contributed by atoms with Crippen molar-refractivity contribution in [1.82, 2.24) is 4.90 Å². The molecule has 5 nitrogen and oxygen atoms in total. The Kier molecular flexibility index (Phi) is 5.18. The molecule has 2 aliphatic heterocycles. The average molecular weight is 376 g/mol. The fraction of sp³-hybridized carbons (Fsp3) is 0.421. The van der Waals surface area contributed by atoms with Gasteiger partial charge in [0.25, 0.3) is 0 Å². The number of esters is 1. The maximum absolute atomic E-state index is 13.4. The van der Waals surface area contributed by atoms with Crippen LogP contribution < -0.4 is 0 Å². The summed E-state index contributed by atoms with van der Waals surface area (Å²) in [6.07, 6.45) is 0.370. The highest BCUT2D eigenvalue weighted by atomic mass is 32.2. The maximum atomic E-state index is 13.4. The van der Waals surface area contributed by atoms with Gasteiger partial charge in [-0.25, -0.2) is 14.2 Å². The number of thioether (sulfide) groups is 1. The summed E-state index contributed by atoms with van der Waals surface area (Å²) in [5.41, 5.74) is 1.49. The van der Waals surface area contributed by atoms with Gasteiger partial charge < -0.3 is 4.74 Å². The molecule has 1 amide bonds. The Morgan fingerprint density at radius 3 is 2.58 bits per heavy atom. The van der Waals surface area contributed by atoms with Crippen LogP contribution >= 0.6 is 11.8 Å². The first kappa shape index (κ1) is 18.6. The van der Waals surface area contributed by atoms with E-state index in [9.17, 15) is 14.0 Å². The lowest BCUT2D eigenvalue weighted by Crippen LogP contribution is -2.41. The number of rotatable bonds is 4. The second-order valence-corrected chi connectivity index (χ2v) is 7.69. The van der Waals surface area contributed by atoms with Gasteiger partial charge in [-0.1, -0.05) is 30.8 Å². The summed E-state index contributed by atoms with van der Waals surface area (Å²) in [5, 5.41) is 0.347. The number of ether oxygens (including phenoxy) is 1. The van der Waals surface area contributed by atoms with E-state index in [-0.39, 0.29) is 23.1 Å². The lowest BCUT2D eigenvalue weighted by Gasteiger charge is -2.33. The van der Waals surface area contributed by atoms with Crippen molar-refractivity contribution >= 4 is 28.8 Å². The molecule has 0 radical (unpaired) electrons. The van der Waals surface area contributed by atoms with Gasteiger partial charge in [-0.2, -0.15) is 0 Å². The molecule has 3 rings (SSSR count). The van der Waals surface area contributed by atoms with Crippen molar-refractivity contribution < 1.29 is 18.7 Å². The zero-order valence-corrected chi connectivity index (χ0v) is 16.0. The molecular formula is C19H21FN2O3S. The molecule has 26 heavy (non-hydrogen) atoms. The molecule has 1 saturated heterocycles. The second kappa shape index (κ2) is 7.23. The number of hydrogen-bond donors (Lipinski definition) is 0. The second-order valence-electron chi connectivity index (χ2n) is 6.52. The average Bonchev–Trinajstić information content (AvgIpc) is 2.89. The van der Waals surface area contributed by atoms with Crippen LogP contribution in [0.15, 0.2) is 40.5 Å². The van der Waals surface area contributed by atoms with Crippen molar-refractivity contribution in [3.8, 4) is 0 Å². The summed E-state index contributed by atoms with van der Waals surface area (Å²) >= 11 is 1.40. The van der Waals surface area contributed by atoms with E-state index in [0.717, 1.165) is 0 Å². The highest BCUT2D eigenvalue weighted by molar-refractivity contribution is 8.15. The SMILES string of the molecule is CCC1SC2=NC(C)=C(C(=O)OC(C)C)C(c3ccc(F)cc3)N2C1=O. The van der Waals surface area contributed by atoms with Crippen molar-refractivity contribution in [2.45, 2.75) is 51.5 Å². The van der Waals surface area contributed by atoms with Gasteiger partial charge in [0.1, 0.15) is 5.82 Å². The van der Waals surface area contributed by atoms with Crippen molar-refractivity contribution in [1.29, 1.82) is 0 Å². The minimum absolute atomic E-state index is 0.0899. The molecule has 1 fully saturated rings. The van der Waals surface area contributed by atoms with E-state index >= 15 is 0 Å². The Morgan fingerprint density at radius 1 is 1.35 bits per heavy atom. The first-order valence-electron chi connectivity index (χ1n) is 8.59. The lowest BCUT2D eigenvalue weighted by atomic mass is 9.94. The van der Waals surface area contributed by atoms with Crippen LogP contribution in [0.3, 0.4) is 0 Å². The van der Waals surface area contributed by atoms with Gasteiger partial charge >= 0.3 is 5.97 Å². The number of hydrogen-bond acceptors (Lipinski definition) is 5. The van der Waals surface area contributed by atoms with Crippen LogP contribution in [0.25, 0.3) is 0 Å². The molecular weight excluding hydrogens is 355 g/mol. The van der Waals surface area contributed by atoms with Crippen molar-refractivity contribution in [3.63, 3.8) is 0 Å². The topological polar surface area (TPSA) is 59.0 Å². The van der Waals surface area contributed by atoms with E-state index in [1.807, 2.05) is 6.92 Å². The molecule has 2 aliphatic rings. The highest BCUT2D eigenvalue weighted by Crippen LogP contribution is 2.44. The van der Waals surface area contributed by atoms with Crippen molar-refractivity contribution in [2.24, 2.45) is 4.99 Å². The van der Waals surface area contributed by atoms with Gasteiger partial charge in [0, 0.05) is 0 Å². The van der Waals surface area contributed by atoms with Gasteiger partial charge in [0.2, 0.25) is 5.91 Å². The molecule has 0 bridgehead atoms. The molecule has 2 unspecified atom stereocenters. The minimum Gasteiger partial charge on any atom is -0.459 e. The largest absolute Gasteiger partial charge is 0.459 e. The van der Waals surface area contributed by atoms with Crippen LogP contribution in [0.2, 0.25) is 0 Å². The summed E-state index contributed by atoms with van der Waals surface area (Å²) in [5.74, 6) is -0.973. The zero-order chi connectivity index (χ0) is 19.0. The Hall–Kier alpha value is -2.15. The fourth-order valence-electron chi connectivity index (χ4n) is 3.09. The molecule has 1 aromatic rings. The van der Waals surface area contributed by atoms with Crippen molar-refractivity contribution in [3.05, 3.63) is 46.9 Å². The first-order valence-corrected chi connectivity index (χ1v) is 9.47. The summed E-state index contributed by atoms with van der Waals surface area (Å²) in [6.45, 7) is 7.21. The number of aliphatic imine (C=N–C) groups is 1. The van der Waals surface area contributed by atoms with E-state index in [2.05, 4.69) is 4.99 Å². The maximum Gasteiger partial charge on any atom is 0.338 e. The Labute approximate surface area is 156 Å². The van der Waals surface area contributed by atoms with Crippen LogP contribution in [0.5, 0.6) is 0 Å². The van der Waals surface area contributed by atoms with Gasteiger partial charge in [0.15, 0.2) is 5.17 Å². The quantitative estimate of drug-likeness (QED) is 0.750. The minimum atomic E-state index is -0.661. The van der Waals surface area contributed by atoms with Gasteiger partial charge in [-0.05, 0) is 44.9 Å². The number of allylic oxidation sites excluding steroid dienone is 1. The van der Waals surface area contributed by atoms with Gasteiger partial charge in [0.05, 0.1) is 28.7 Å². The third-order valence-corrected chi connectivity index (χ3v) is 5.59. The molecule has 0 N–H and O–H groups in total. The summed E-state index contributed by atoms with van der Waals surface area (Å²) in [4.78, 5) is 31.7. The number of carbonyl (C=O) groups excluding carboxylic acids is 2. The highest BCUT2D eigenvalue weighted by Gasteiger charge is 2.47.